The van der Waals surface area contributed by atoms with Gasteiger partial charge < -0.3 is 20.3 Å². The Morgan fingerprint density at radius 2 is 1.55 bits per heavy atom. The zero-order valence-electron chi connectivity index (χ0n) is 18.6. The number of hydrogen-bond acceptors (Lipinski definition) is 4. The molecule has 0 radical (unpaired) electrons. The number of benzene rings is 2. The van der Waals surface area contributed by atoms with Crippen molar-refractivity contribution in [2.75, 3.05) is 33.3 Å². The number of urea groups is 1. The van der Waals surface area contributed by atoms with Crippen LogP contribution < -0.4 is 15.4 Å². The van der Waals surface area contributed by atoms with Gasteiger partial charge in [-0.05, 0) is 49.2 Å². The molecule has 1 saturated heterocycles. The van der Waals surface area contributed by atoms with Crippen LogP contribution in [0.1, 0.15) is 35.3 Å². The lowest BCUT2D eigenvalue weighted by atomic mass is 10.1. The second-order valence-electron chi connectivity index (χ2n) is 8.10. The molecular formula is C24H32N4O3. The molecule has 0 spiro atoms. The van der Waals surface area contributed by atoms with Gasteiger partial charge in [0.2, 0.25) is 0 Å². The minimum atomic E-state index is -0.192. The summed E-state index contributed by atoms with van der Waals surface area (Å²) in [5, 5.41) is 5.60. The normalized spacial score (nSPS) is 14.4. The van der Waals surface area contributed by atoms with E-state index in [0.717, 1.165) is 30.9 Å². The first-order valence-electron chi connectivity index (χ1n) is 10.7. The van der Waals surface area contributed by atoms with E-state index < -0.39 is 0 Å². The molecule has 7 heteroatoms. The summed E-state index contributed by atoms with van der Waals surface area (Å²) in [6.07, 6.45) is 0. The van der Waals surface area contributed by atoms with E-state index in [-0.39, 0.29) is 18.0 Å². The van der Waals surface area contributed by atoms with E-state index in [1.54, 1.807) is 7.11 Å². The molecule has 1 aliphatic heterocycles. The largest absolute Gasteiger partial charge is 0.497 e. The maximum absolute atomic E-state index is 12.8. The van der Waals surface area contributed by atoms with E-state index in [4.69, 9.17) is 4.74 Å². The highest BCUT2D eigenvalue weighted by atomic mass is 16.5. The molecule has 2 N–H and O–H groups in total. The molecule has 2 aromatic carbocycles. The monoisotopic (exact) mass is 424 g/mol. The smallest absolute Gasteiger partial charge is 0.315 e. The van der Waals surface area contributed by atoms with Gasteiger partial charge in [-0.1, -0.05) is 24.3 Å². The number of hydrogen-bond donors (Lipinski definition) is 2. The Hall–Kier alpha value is -3.06. The van der Waals surface area contributed by atoms with Crippen LogP contribution in [0.4, 0.5) is 4.79 Å². The van der Waals surface area contributed by atoms with E-state index in [9.17, 15) is 9.59 Å². The number of carbonyl (C=O) groups excluding carboxylic acids is 2. The van der Waals surface area contributed by atoms with E-state index >= 15 is 0 Å². The van der Waals surface area contributed by atoms with Crippen LogP contribution in [0.15, 0.2) is 48.5 Å². The maximum Gasteiger partial charge on any atom is 0.315 e. The van der Waals surface area contributed by atoms with Crippen LogP contribution in [0, 0.1) is 0 Å². The fourth-order valence-corrected chi connectivity index (χ4v) is 3.54. The van der Waals surface area contributed by atoms with Crippen LogP contribution >= 0.6 is 0 Å². The highest BCUT2D eigenvalue weighted by molar-refractivity contribution is 5.94. The molecule has 0 saturated carbocycles. The lowest BCUT2D eigenvalue weighted by Crippen LogP contribution is -2.48. The Morgan fingerprint density at radius 3 is 2.13 bits per heavy atom. The second-order valence-corrected chi connectivity index (χ2v) is 8.10. The minimum absolute atomic E-state index is 0.0566. The van der Waals surface area contributed by atoms with Crippen molar-refractivity contribution >= 4 is 11.9 Å². The molecule has 0 bridgehead atoms. The predicted molar refractivity (Wildman–Crippen MR) is 121 cm³/mol. The fourth-order valence-electron chi connectivity index (χ4n) is 3.54. The molecule has 3 amide bonds. The van der Waals surface area contributed by atoms with Crippen molar-refractivity contribution in [3.05, 3.63) is 65.2 Å². The van der Waals surface area contributed by atoms with Gasteiger partial charge in [0.15, 0.2) is 0 Å². The van der Waals surface area contributed by atoms with E-state index in [2.05, 4.69) is 27.7 Å². The van der Waals surface area contributed by atoms with Crippen LogP contribution in [-0.2, 0) is 13.1 Å². The molecule has 0 aliphatic carbocycles. The summed E-state index contributed by atoms with van der Waals surface area (Å²) in [5.74, 6) is 0.918. The molecule has 0 aromatic heterocycles. The Kier molecular flexibility index (Phi) is 7.89. The standard InChI is InChI=1S/C24H32N4O3/c1-18(2)26-24(30)25-16-19-4-8-21(9-5-19)23(29)28-14-12-27(13-15-28)17-20-6-10-22(31-3)11-7-20/h4-11,18H,12-17H2,1-3H3,(H2,25,26,30). The van der Waals surface area contributed by atoms with Gasteiger partial charge in [0, 0.05) is 50.9 Å². The molecular weight excluding hydrogens is 392 g/mol. The van der Waals surface area contributed by atoms with E-state index in [1.165, 1.54) is 5.56 Å². The van der Waals surface area contributed by atoms with Crippen LogP contribution in [0.2, 0.25) is 0 Å². The topological polar surface area (TPSA) is 73.9 Å². The summed E-state index contributed by atoms with van der Waals surface area (Å²) in [6.45, 7) is 8.27. The summed E-state index contributed by atoms with van der Waals surface area (Å²) in [7, 11) is 1.67. The summed E-state index contributed by atoms with van der Waals surface area (Å²) in [4.78, 5) is 28.8. The number of nitrogens with one attached hydrogen (secondary N) is 2. The molecule has 3 rings (SSSR count). The molecule has 1 fully saturated rings. The van der Waals surface area contributed by atoms with Crippen molar-refractivity contribution in [1.29, 1.82) is 0 Å². The summed E-state index contributed by atoms with van der Waals surface area (Å²) >= 11 is 0. The van der Waals surface area contributed by atoms with Gasteiger partial charge in [0.25, 0.3) is 5.91 Å². The average Bonchev–Trinajstić information content (AvgIpc) is 2.78. The molecule has 31 heavy (non-hydrogen) atoms. The fraction of sp³-hybridized carbons (Fsp3) is 0.417. The lowest BCUT2D eigenvalue weighted by molar-refractivity contribution is 0.0628. The highest BCUT2D eigenvalue weighted by Crippen LogP contribution is 2.15. The predicted octanol–water partition coefficient (Wildman–Crippen LogP) is 2.86. The van der Waals surface area contributed by atoms with Gasteiger partial charge in [-0.3, -0.25) is 9.69 Å². The lowest BCUT2D eigenvalue weighted by Gasteiger charge is -2.34. The van der Waals surface area contributed by atoms with Crippen molar-refractivity contribution in [2.24, 2.45) is 0 Å². The van der Waals surface area contributed by atoms with Gasteiger partial charge in [0.05, 0.1) is 7.11 Å². The van der Waals surface area contributed by atoms with Gasteiger partial charge in [0.1, 0.15) is 5.75 Å². The third kappa shape index (κ3) is 6.72. The first-order valence-corrected chi connectivity index (χ1v) is 10.7. The molecule has 2 aromatic rings. The quantitative estimate of drug-likeness (QED) is 0.717. The molecule has 1 heterocycles. The van der Waals surface area contributed by atoms with Crippen LogP contribution in [0.3, 0.4) is 0 Å². The van der Waals surface area contributed by atoms with E-state index in [1.807, 2.05) is 55.1 Å². The average molecular weight is 425 g/mol. The Balaban J connectivity index is 1.46. The summed E-state index contributed by atoms with van der Waals surface area (Å²) in [5.41, 5.74) is 2.88. The molecule has 0 atom stereocenters. The SMILES string of the molecule is COc1ccc(CN2CCN(C(=O)c3ccc(CNC(=O)NC(C)C)cc3)CC2)cc1. The van der Waals surface area contributed by atoms with E-state index in [0.29, 0.717) is 25.2 Å². The first-order chi connectivity index (χ1) is 14.9. The van der Waals surface area contributed by atoms with Crippen LogP contribution in [-0.4, -0.2) is 61.1 Å². The first kappa shape index (κ1) is 22.6. The number of carbonyl (C=O) groups is 2. The number of amides is 3. The Bertz CT molecular complexity index is 857. The molecule has 0 unspecified atom stereocenters. The second kappa shape index (κ2) is 10.8. The zero-order chi connectivity index (χ0) is 22.2. The number of methoxy groups -OCH3 is 1. The van der Waals surface area contributed by atoms with Gasteiger partial charge in [-0.15, -0.1) is 0 Å². The van der Waals surface area contributed by atoms with Crippen molar-refractivity contribution < 1.29 is 14.3 Å². The van der Waals surface area contributed by atoms with Crippen molar-refractivity contribution in [1.82, 2.24) is 20.4 Å². The molecule has 1 aliphatic rings. The number of piperazine rings is 1. The highest BCUT2D eigenvalue weighted by Gasteiger charge is 2.22. The summed E-state index contributed by atoms with van der Waals surface area (Å²) in [6, 6.07) is 15.5. The molecule has 7 nitrogen and oxygen atoms in total. The van der Waals surface area contributed by atoms with Crippen molar-refractivity contribution in [2.45, 2.75) is 33.0 Å². The summed E-state index contributed by atoms with van der Waals surface area (Å²) < 4.78 is 5.21. The van der Waals surface area contributed by atoms with Crippen molar-refractivity contribution in [3.8, 4) is 5.75 Å². The third-order valence-electron chi connectivity index (χ3n) is 5.30. The number of rotatable bonds is 7. The van der Waals surface area contributed by atoms with Gasteiger partial charge in [-0.25, -0.2) is 4.79 Å². The zero-order valence-corrected chi connectivity index (χ0v) is 18.6. The molecule has 166 valence electrons. The Morgan fingerprint density at radius 1 is 0.935 bits per heavy atom. The maximum atomic E-state index is 12.8. The van der Waals surface area contributed by atoms with Crippen LogP contribution in [0.25, 0.3) is 0 Å². The van der Waals surface area contributed by atoms with Crippen molar-refractivity contribution in [3.63, 3.8) is 0 Å². The van der Waals surface area contributed by atoms with Crippen LogP contribution in [0.5, 0.6) is 5.75 Å². The minimum Gasteiger partial charge on any atom is -0.497 e. The third-order valence-corrected chi connectivity index (χ3v) is 5.30. The Labute approximate surface area is 184 Å². The van der Waals surface area contributed by atoms with Gasteiger partial charge in [-0.2, -0.15) is 0 Å². The van der Waals surface area contributed by atoms with Gasteiger partial charge >= 0.3 is 6.03 Å². The number of ether oxygens (including phenoxy) is 1. The number of nitrogens with zero attached hydrogens (tertiary/aromatic N) is 2.